The first-order valence-corrected chi connectivity index (χ1v) is 7.38. The van der Waals surface area contributed by atoms with Crippen molar-refractivity contribution in [3.05, 3.63) is 17.5 Å². The number of aromatic nitrogens is 1. The Labute approximate surface area is 125 Å². The second kappa shape index (κ2) is 5.87. The Kier molecular flexibility index (Phi) is 4.34. The fraction of sp³-hybridized carbons (Fsp3) is 0.667. The molecule has 1 aromatic heterocycles. The van der Waals surface area contributed by atoms with E-state index < -0.39 is 0 Å². The maximum atomic E-state index is 12.9. The van der Waals surface area contributed by atoms with Crippen molar-refractivity contribution >= 4 is 11.7 Å². The van der Waals surface area contributed by atoms with E-state index in [-0.39, 0.29) is 29.6 Å². The summed E-state index contributed by atoms with van der Waals surface area (Å²) in [6, 6.07) is 1.52. The molecule has 2 heterocycles. The molecule has 1 fully saturated rings. The number of carbonyl (C=O) groups is 1. The van der Waals surface area contributed by atoms with Gasteiger partial charge in [-0.15, -0.1) is 0 Å². The van der Waals surface area contributed by atoms with E-state index >= 15 is 0 Å². The number of nitrogens with zero attached hydrogens (tertiary/aromatic N) is 2. The third kappa shape index (κ3) is 3.09. The van der Waals surface area contributed by atoms with Gasteiger partial charge < -0.3 is 15.2 Å². The van der Waals surface area contributed by atoms with Crippen molar-refractivity contribution in [2.45, 2.75) is 46.1 Å². The van der Waals surface area contributed by atoms with Crippen molar-refractivity contribution in [2.24, 2.45) is 17.6 Å². The molecule has 3 atom stereocenters. The number of hydrogen-bond acceptors (Lipinski definition) is 4. The fourth-order valence-corrected chi connectivity index (χ4v) is 3.03. The van der Waals surface area contributed by atoms with Gasteiger partial charge in [-0.05, 0) is 25.2 Å². The van der Waals surface area contributed by atoms with Crippen LogP contribution in [0.3, 0.4) is 0 Å². The first-order valence-electron chi connectivity index (χ1n) is 7.38. The molecule has 1 aromatic rings. The van der Waals surface area contributed by atoms with E-state index in [0.717, 1.165) is 12.1 Å². The zero-order valence-electron chi connectivity index (χ0n) is 13.1. The van der Waals surface area contributed by atoms with Crippen LogP contribution in [0.4, 0.5) is 0 Å². The van der Waals surface area contributed by atoms with Gasteiger partial charge in [-0.1, -0.05) is 25.9 Å². The second-order valence-corrected chi connectivity index (χ2v) is 6.39. The number of amides is 1. The lowest BCUT2D eigenvalue weighted by Crippen LogP contribution is -2.46. The highest BCUT2D eigenvalue weighted by atomic mass is 16.5. The predicted molar refractivity (Wildman–Crippen MR) is 80.0 cm³/mol. The Morgan fingerprint density at radius 1 is 1.57 bits per heavy atom. The molecule has 3 N–H and O–H groups in total. The van der Waals surface area contributed by atoms with Crippen molar-refractivity contribution in [1.82, 2.24) is 10.1 Å². The van der Waals surface area contributed by atoms with Gasteiger partial charge in [0.05, 0.1) is 11.7 Å². The number of amidine groups is 1. The maximum Gasteiger partial charge on any atom is 0.234 e. The highest BCUT2D eigenvalue weighted by Gasteiger charge is 2.40. The smallest absolute Gasteiger partial charge is 0.234 e. The third-order valence-electron chi connectivity index (χ3n) is 4.04. The maximum absolute atomic E-state index is 12.9. The first kappa shape index (κ1) is 15.5. The van der Waals surface area contributed by atoms with E-state index in [2.05, 4.69) is 12.1 Å². The number of aryl methyl sites for hydroxylation is 1. The standard InChI is InChI=1S/C15H24N4O2/c1-8(2)13(12-6-10(4)18-21-12)15(20)19-7-9(3)5-11(19)14(16)17/h6,8-9,11,13H,5,7H2,1-4H3,(H3,16,17)/t9-,11+,13?/m1/s1. The Balaban J connectivity index is 2.28. The van der Waals surface area contributed by atoms with Gasteiger partial charge >= 0.3 is 0 Å². The van der Waals surface area contributed by atoms with E-state index in [0.29, 0.717) is 18.2 Å². The van der Waals surface area contributed by atoms with Crippen molar-refractivity contribution in [2.75, 3.05) is 6.54 Å². The summed E-state index contributed by atoms with van der Waals surface area (Å²) in [6.07, 6.45) is 0.751. The fourth-order valence-electron chi connectivity index (χ4n) is 3.03. The van der Waals surface area contributed by atoms with Gasteiger partial charge in [0.25, 0.3) is 0 Å². The highest BCUT2D eigenvalue weighted by molar-refractivity contribution is 5.91. The summed E-state index contributed by atoms with van der Waals surface area (Å²) in [5.74, 6) is 0.697. The van der Waals surface area contributed by atoms with Crippen molar-refractivity contribution < 1.29 is 9.32 Å². The molecular weight excluding hydrogens is 268 g/mol. The van der Waals surface area contributed by atoms with E-state index in [1.165, 1.54) is 0 Å². The molecule has 1 amide bonds. The van der Waals surface area contributed by atoms with E-state index in [4.69, 9.17) is 15.7 Å². The van der Waals surface area contributed by atoms with Crippen LogP contribution in [0.2, 0.25) is 0 Å². The summed E-state index contributed by atoms with van der Waals surface area (Å²) in [6.45, 7) is 8.53. The summed E-state index contributed by atoms with van der Waals surface area (Å²) in [4.78, 5) is 14.7. The van der Waals surface area contributed by atoms with E-state index in [1.54, 1.807) is 4.90 Å². The average Bonchev–Trinajstić information content (AvgIpc) is 2.95. The molecule has 0 radical (unpaired) electrons. The quantitative estimate of drug-likeness (QED) is 0.654. The molecule has 0 bridgehead atoms. The average molecular weight is 292 g/mol. The monoisotopic (exact) mass is 292 g/mol. The second-order valence-electron chi connectivity index (χ2n) is 6.39. The molecule has 1 aliphatic heterocycles. The summed E-state index contributed by atoms with van der Waals surface area (Å²) >= 11 is 0. The largest absolute Gasteiger partial charge is 0.386 e. The van der Waals surface area contributed by atoms with Gasteiger partial charge in [0.15, 0.2) is 0 Å². The Morgan fingerprint density at radius 2 is 2.24 bits per heavy atom. The van der Waals surface area contributed by atoms with Gasteiger partial charge in [0.1, 0.15) is 17.5 Å². The number of nitrogens with one attached hydrogen (secondary N) is 1. The molecule has 1 unspecified atom stereocenters. The normalized spacial score (nSPS) is 23.6. The summed E-state index contributed by atoms with van der Waals surface area (Å²) in [5.41, 5.74) is 6.43. The predicted octanol–water partition coefficient (Wildman–Crippen LogP) is 1.90. The van der Waals surface area contributed by atoms with Crippen LogP contribution in [-0.4, -0.2) is 34.4 Å². The minimum atomic E-state index is -0.377. The summed E-state index contributed by atoms with van der Waals surface area (Å²) in [7, 11) is 0. The molecule has 116 valence electrons. The molecule has 6 heteroatoms. The molecule has 0 aliphatic carbocycles. The van der Waals surface area contributed by atoms with Crippen LogP contribution in [0.5, 0.6) is 0 Å². The van der Waals surface area contributed by atoms with E-state index in [9.17, 15) is 4.79 Å². The highest BCUT2D eigenvalue weighted by Crippen LogP contribution is 2.32. The van der Waals surface area contributed by atoms with Crippen LogP contribution in [0.1, 0.15) is 44.6 Å². The van der Waals surface area contributed by atoms with Crippen LogP contribution in [0.15, 0.2) is 10.6 Å². The molecule has 2 rings (SSSR count). The van der Waals surface area contributed by atoms with Gasteiger partial charge in [-0.3, -0.25) is 10.2 Å². The van der Waals surface area contributed by atoms with Gasteiger partial charge in [0, 0.05) is 12.6 Å². The van der Waals surface area contributed by atoms with Gasteiger partial charge in [0.2, 0.25) is 5.91 Å². The number of hydrogen-bond donors (Lipinski definition) is 2. The minimum Gasteiger partial charge on any atom is -0.386 e. The number of nitrogens with two attached hydrogens (primary N) is 1. The molecule has 0 spiro atoms. The summed E-state index contributed by atoms with van der Waals surface area (Å²) < 4.78 is 5.31. The number of carbonyl (C=O) groups excluding carboxylic acids is 1. The number of likely N-dealkylation sites (tertiary alicyclic amines) is 1. The minimum absolute atomic E-state index is 0.0225. The molecule has 21 heavy (non-hydrogen) atoms. The molecule has 0 saturated carbocycles. The molecular formula is C15H24N4O2. The Bertz CT molecular complexity index is 538. The van der Waals surface area contributed by atoms with Crippen LogP contribution >= 0.6 is 0 Å². The lowest BCUT2D eigenvalue weighted by atomic mass is 9.91. The number of rotatable bonds is 4. The Hall–Kier alpha value is -1.85. The molecule has 0 aromatic carbocycles. The lowest BCUT2D eigenvalue weighted by molar-refractivity contribution is -0.134. The van der Waals surface area contributed by atoms with Crippen LogP contribution in [0, 0.1) is 24.2 Å². The molecule has 1 saturated heterocycles. The lowest BCUT2D eigenvalue weighted by Gasteiger charge is -2.28. The summed E-state index contributed by atoms with van der Waals surface area (Å²) in [5, 5.41) is 11.6. The Morgan fingerprint density at radius 3 is 2.71 bits per heavy atom. The third-order valence-corrected chi connectivity index (χ3v) is 4.04. The zero-order chi connectivity index (χ0) is 15.7. The topological polar surface area (TPSA) is 96.2 Å². The van der Waals surface area contributed by atoms with E-state index in [1.807, 2.05) is 26.8 Å². The molecule has 1 aliphatic rings. The zero-order valence-corrected chi connectivity index (χ0v) is 13.1. The molecule has 6 nitrogen and oxygen atoms in total. The van der Waals surface area contributed by atoms with Crippen LogP contribution < -0.4 is 5.73 Å². The SMILES string of the molecule is Cc1cc(C(C(=O)N2C[C@H](C)C[C@H]2C(=N)N)C(C)C)on1. The van der Waals surface area contributed by atoms with Gasteiger partial charge in [-0.25, -0.2) is 0 Å². The first-order chi connectivity index (χ1) is 9.81. The van der Waals surface area contributed by atoms with Crippen LogP contribution in [0.25, 0.3) is 0 Å². The van der Waals surface area contributed by atoms with Crippen molar-refractivity contribution in [1.29, 1.82) is 5.41 Å². The van der Waals surface area contributed by atoms with Crippen LogP contribution in [-0.2, 0) is 4.79 Å². The van der Waals surface area contributed by atoms with Crippen molar-refractivity contribution in [3.63, 3.8) is 0 Å². The van der Waals surface area contributed by atoms with Crippen molar-refractivity contribution in [3.8, 4) is 0 Å². The van der Waals surface area contributed by atoms with Gasteiger partial charge in [-0.2, -0.15) is 0 Å².